The van der Waals surface area contributed by atoms with Crippen LogP contribution in [0.15, 0.2) is 12.1 Å². The molecular weight excluding hydrogens is 188 g/mol. The van der Waals surface area contributed by atoms with Gasteiger partial charge in [0.25, 0.3) is 0 Å². The number of phenolic OH excluding ortho intramolecular Hbond substituents is 1. The highest BCUT2D eigenvalue weighted by Crippen LogP contribution is 2.44. The van der Waals surface area contributed by atoms with E-state index in [-0.39, 0.29) is 18.4 Å². The molecule has 0 amide bonds. The maximum Gasteiger partial charge on any atom is 0.352 e. The van der Waals surface area contributed by atoms with E-state index in [1.165, 1.54) is 12.1 Å². The molecule has 1 aromatic carbocycles. The number of nitrogens with two attached hydrogens (primary N) is 1. The van der Waals surface area contributed by atoms with Crippen LogP contribution in [0.25, 0.3) is 0 Å². The van der Waals surface area contributed by atoms with Crippen molar-refractivity contribution in [2.45, 2.75) is 6.04 Å². The average Bonchev–Trinajstić information content (AvgIpc) is 2.47. The average molecular weight is 196 g/mol. The first-order valence-electron chi connectivity index (χ1n) is 4.00. The minimum absolute atomic E-state index is 0.0856. The first-order valence-corrected chi connectivity index (χ1v) is 4.00. The van der Waals surface area contributed by atoms with Gasteiger partial charge >= 0.3 is 5.69 Å². The number of rotatable bonds is 1. The molecule has 3 N–H and O–H groups in total. The fourth-order valence-corrected chi connectivity index (χ4v) is 1.46. The predicted octanol–water partition coefficient (Wildman–Crippen LogP) is 0.693. The van der Waals surface area contributed by atoms with Crippen LogP contribution in [-0.2, 0) is 0 Å². The topological polar surface area (TPSA) is 98.6 Å². The Kier molecular flexibility index (Phi) is 1.78. The number of ether oxygens (including phenoxy) is 1. The van der Waals surface area contributed by atoms with Crippen LogP contribution in [0.3, 0.4) is 0 Å². The predicted molar refractivity (Wildman–Crippen MR) is 47.2 cm³/mol. The number of nitro benzene ring substituents is 1. The third-order valence-corrected chi connectivity index (χ3v) is 2.13. The van der Waals surface area contributed by atoms with Crippen molar-refractivity contribution in [3.8, 4) is 11.5 Å². The SMILES string of the molecule is N[C@H]1COc2c1ccc(O)c2[N+](=O)[O-]. The molecule has 0 unspecified atom stereocenters. The van der Waals surface area contributed by atoms with Crippen LogP contribution in [0.4, 0.5) is 5.69 Å². The van der Waals surface area contributed by atoms with E-state index in [1.54, 1.807) is 0 Å². The molecule has 0 fully saturated rings. The van der Waals surface area contributed by atoms with Crippen LogP contribution < -0.4 is 10.5 Å². The van der Waals surface area contributed by atoms with Crippen LogP contribution in [0.5, 0.6) is 11.5 Å². The largest absolute Gasteiger partial charge is 0.502 e. The van der Waals surface area contributed by atoms with E-state index in [4.69, 9.17) is 10.5 Å². The van der Waals surface area contributed by atoms with Gasteiger partial charge in [-0.2, -0.15) is 0 Å². The third-order valence-electron chi connectivity index (χ3n) is 2.13. The van der Waals surface area contributed by atoms with Gasteiger partial charge in [-0.25, -0.2) is 0 Å². The lowest BCUT2D eigenvalue weighted by atomic mass is 10.1. The lowest BCUT2D eigenvalue weighted by Crippen LogP contribution is -2.10. The zero-order valence-corrected chi connectivity index (χ0v) is 7.14. The lowest BCUT2D eigenvalue weighted by molar-refractivity contribution is -0.386. The molecule has 1 aromatic rings. The quantitative estimate of drug-likeness (QED) is 0.508. The molecule has 0 radical (unpaired) electrons. The van der Waals surface area contributed by atoms with Crippen molar-refractivity contribution in [3.63, 3.8) is 0 Å². The van der Waals surface area contributed by atoms with E-state index >= 15 is 0 Å². The molecule has 0 spiro atoms. The highest BCUT2D eigenvalue weighted by molar-refractivity contribution is 5.62. The molecule has 14 heavy (non-hydrogen) atoms. The highest BCUT2D eigenvalue weighted by Gasteiger charge is 2.31. The molecule has 74 valence electrons. The molecule has 1 heterocycles. The van der Waals surface area contributed by atoms with Crippen molar-refractivity contribution in [3.05, 3.63) is 27.8 Å². The smallest absolute Gasteiger partial charge is 0.352 e. The van der Waals surface area contributed by atoms with Crippen molar-refractivity contribution in [1.82, 2.24) is 0 Å². The Morgan fingerprint density at radius 3 is 3.00 bits per heavy atom. The summed E-state index contributed by atoms with van der Waals surface area (Å²) in [6, 6.07) is 2.44. The van der Waals surface area contributed by atoms with Crippen molar-refractivity contribution in [2.75, 3.05) is 6.61 Å². The standard InChI is InChI=1S/C8H8N2O4/c9-5-3-14-8-4(5)1-2-6(11)7(8)10(12)13/h1-2,5,11H,3,9H2/t5-/m0/s1. The summed E-state index contributed by atoms with van der Waals surface area (Å²) in [5.41, 5.74) is 5.79. The van der Waals surface area contributed by atoms with E-state index in [0.29, 0.717) is 5.56 Å². The maximum atomic E-state index is 10.6. The van der Waals surface area contributed by atoms with Crippen molar-refractivity contribution < 1.29 is 14.8 Å². The van der Waals surface area contributed by atoms with Gasteiger partial charge in [-0.05, 0) is 12.1 Å². The number of phenols is 1. The molecule has 0 saturated carbocycles. The van der Waals surface area contributed by atoms with Crippen molar-refractivity contribution in [2.24, 2.45) is 5.73 Å². The molecule has 1 aliphatic rings. The van der Waals surface area contributed by atoms with E-state index in [9.17, 15) is 15.2 Å². The maximum absolute atomic E-state index is 10.6. The lowest BCUT2D eigenvalue weighted by Gasteiger charge is -2.02. The van der Waals surface area contributed by atoms with E-state index < -0.39 is 16.4 Å². The van der Waals surface area contributed by atoms with Gasteiger partial charge in [0.2, 0.25) is 5.75 Å². The van der Waals surface area contributed by atoms with Crippen molar-refractivity contribution in [1.29, 1.82) is 0 Å². The molecule has 0 aliphatic carbocycles. The van der Waals surface area contributed by atoms with Crippen LogP contribution in [0.1, 0.15) is 11.6 Å². The Bertz CT molecular complexity index is 405. The Labute approximate surface area is 79.1 Å². The second kappa shape index (κ2) is 2.85. The van der Waals surface area contributed by atoms with E-state index in [0.717, 1.165) is 0 Å². The fourth-order valence-electron chi connectivity index (χ4n) is 1.46. The third kappa shape index (κ3) is 1.08. The minimum Gasteiger partial charge on any atom is -0.502 e. The number of nitrogens with zero attached hydrogens (tertiary/aromatic N) is 1. The highest BCUT2D eigenvalue weighted by atomic mass is 16.6. The Morgan fingerprint density at radius 1 is 1.64 bits per heavy atom. The Morgan fingerprint density at radius 2 is 2.36 bits per heavy atom. The number of nitro groups is 1. The molecular formula is C8H8N2O4. The number of hydrogen-bond donors (Lipinski definition) is 2. The second-order valence-corrected chi connectivity index (χ2v) is 3.03. The number of fused-ring (bicyclic) bond motifs is 1. The first-order chi connectivity index (χ1) is 6.61. The number of aromatic hydroxyl groups is 1. The summed E-state index contributed by atoms with van der Waals surface area (Å²) >= 11 is 0. The number of benzene rings is 1. The van der Waals surface area contributed by atoms with Gasteiger partial charge in [-0.15, -0.1) is 0 Å². The molecule has 6 heteroatoms. The van der Waals surface area contributed by atoms with E-state index in [1.807, 2.05) is 0 Å². The zero-order valence-electron chi connectivity index (χ0n) is 7.14. The molecule has 0 saturated heterocycles. The van der Waals surface area contributed by atoms with Gasteiger partial charge in [0.05, 0.1) is 11.0 Å². The van der Waals surface area contributed by atoms with Crippen molar-refractivity contribution >= 4 is 5.69 Å². The second-order valence-electron chi connectivity index (χ2n) is 3.03. The fraction of sp³-hybridized carbons (Fsp3) is 0.250. The van der Waals surface area contributed by atoms with Gasteiger partial charge in [0.1, 0.15) is 6.61 Å². The van der Waals surface area contributed by atoms with Gasteiger partial charge in [-0.3, -0.25) is 10.1 Å². The molecule has 1 atom stereocenters. The van der Waals surface area contributed by atoms with Crippen LogP contribution in [0, 0.1) is 10.1 Å². The summed E-state index contributed by atoms with van der Waals surface area (Å²) in [7, 11) is 0. The Hall–Kier alpha value is -1.82. The molecule has 2 rings (SSSR count). The minimum atomic E-state index is -0.674. The molecule has 6 nitrogen and oxygen atoms in total. The van der Waals surface area contributed by atoms with Gasteiger partial charge < -0.3 is 15.6 Å². The van der Waals surface area contributed by atoms with Gasteiger partial charge in [0.15, 0.2) is 5.75 Å². The summed E-state index contributed by atoms with van der Waals surface area (Å²) in [4.78, 5) is 9.94. The van der Waals surface area contributed by atoms with Crippen LogP contribution in [-0.4, -0.2) is 16.6 Å². The zero-order chi connectivity index (χ0) is 10.3. The van der Waals surface area contributed by atoms with Gasteiger partial charge in [0, 0.05) is 5.56 Å². The molecule has 0 bridgehead atoms. The van der Waals surface area contributed by atoms with Gasteiger partial charge in [-0.1, -0.05) is 0 Å². The summed E-state index contributed by atoms with van der Waals surface area (Å²) in [6.07, 6.45) is 0. The summed E-state index contributed by atoms with van der Waals surface area (Å²) < 4.78 is 5.06. The summed E-state index contributed by atoms with van der Waals surface area (Å²) in [5.74, 6) is -0.314. The van der Waals surface area contributed by atoms with Crippen LogP contribution >= 0.6 is 0 Å². The monoisotopic (exact) mass is 196 g/mol. The normalized spacial score (nSPS) is 18.8. The first kappa shape index (κ1) is 8.76. The Balaban J connectivity index is 2.65. The van der Waals surface area contributed by atoms with Crippen LogP contribution in [0.2, 0.25) is 0 Å². The molecule has 0 aromatic heterocycles. The summed E-state index contributed by atoms with van der Waals surface area (Å²) in [5, 5.41) is 19.9. The summed E-state index contributed by atoms with van der Waals surface area (Å²) in [6.45, 7) is 0.208. The van der Waals surface area contributed by atoms with E-state index in [2.05, 4.69) is 0 Å². The molecule has 1 aliphatic heterocycles. The number of hydrogen-bond acceptors (Lipinski definition) is 5.